The summed E-state index contributed by atoms with van der Waals surface area (Å²) in [5, 5.41) is 0.739. The minimum atomic E-state index is 0.231. The fourth-order valence-corrected chi connectivity index (χ4v) is 3.31. The zero-order valence-corrected chi connectivity index (χ0v) is 12.4. The molecule has 2 rings (SSSR count). The first-order valence-corrected chi connectivity index (χ1v) is 7.95. The highest BCUT2D eigenvalue weighted by Gasteiger charge is 2.26. The van der Waals surface area contributed by atoms with E-state index in [1.165, 1.54) is 0 Å². The van der Waals surface area contributed by atoms with Crippen LogP contribution in [-0.4, -0.2) is 35.7 Å². The molecule has 0 bridgehead atoms. The van der Waals surface area contributed by atoms with Crippen molar-refractivity contribution >= 4 is 29.3 Å². The molecule has 1 atom stereocenters. The van der Waals surface area contributed by atoms with Gasteiger partial charge in [-0.2, -0.15) is 0 Å². The van der Waals surface area contributed by atoms with Crippen molar-refractivity contribution in [2.75, 3.05) is 18.8 Å². The Morgan fingerprint density at radius 2 is 2.16 bits per heavy atom. The number of nitrogens with zero attached hydrogens (tertiary/aromatic N) is 1. The molecular weight excluding hydrogens is 280 g/mol. The van der Waals surface area contributed by atoms with Crippen LogP contribution in [0.25, 0.3) is 0 Å². The number of thioether (sulfide) groups is 1. The molecule has 1 fully saturated rings. The van der Waals surface area contributed by atoms with Crippen molar-refractivity contribution in [1.82, 2.24) is 4.90 Å². The highest BCUT2D eigenvalue weighted by atomic mass is 35.5. The third kappa shape index (κ3) is 4.13. The molecule has 104 valence electrons. The molecule has 0 aliphatic carbocycles. The Kier molecular flexibility index (Phi) is 5.55. The molecule has 1 aliphatic rings. The Labute approximate surface area is 123 Å². The fourth-order valence-electron chi connectivity index (χ4n) is 2.34. The lowest BCUT2D eigenvalue weighted by Gasteiger charge is -2.23. The normalized spacial score (nSPS) is 18.8. The first-order valence-electron chi connectivity index (χ1n) is 6.58. The maximum Gasteiger partial charge on any atom is 0.223 e. The number of halogens is 1. The van der Waals surface area contributed by atoms with E-state index in [1.54, 1.807) is 11.8 Å². The maximum absolute atomic E-state index is 12.1. The summed E-state index contributed by atoms with van der Waals surface area (Å²) >= 11 is 7.52. The standard InChI is InChI=1S/C14H19ClN2OS/c15-11-3-5-13(6-4-11)19-9-7-14(18)17-8-1-2-12(17)10-16/h3-6,12H,1-2,7-10,16H2. The van der Waals surface area contributed by atoms with Crippen LogP contribution in [0.1, 0.15) is 19.3 Å². The molecule has 0 radical (unpaired) electrons. The van der Waals surface area contributed by atoms with Gasteiger partial charge in [0.25, 0.3) is 0 Å². The quantitative estimate of drug-likeness (QED) is 0.850. The molecule has 0 spiro atoms. The second-order valence-electron chi connectivity index (χ2n) is 4.67. The Bertz CT molecular complexity index is 424. The average Bonchev–Trinajstić information content (AvgIpc) is 2.89. The third-order valence-corrected chi connectivity index (χ3v) is 4.63. The van der Waals surface area contributed by atoms with Gasteiger partial charge in [-0.1, -0.05) is 11.6 Å². The summed E-state index contributed by atoms with van der Waals surface area (Å²) in [6.45, 7) is 1.45. The van der Waals surface area contributed by atoms with E-state index in [0.29, 0.717) is 13.0 Å². The monoisotopic (exact) mass is 298 g/mol. The van der Waals surface area contributed by atoms with Crippen LogP contribution in [-0.2, 0) is 4.79 Å². The second-order valence-corrected chi connectivity index (χ2v) is 6.28. The lowest BCUT2D eigenvalue weighted by Crippen LogP contribution is -2.40. The summed E-state index contributed by atoms with van der Waals surface area (Å²) in [7, 11) is 0. The maximum atomic E-state index is 12.1. The Hall–Kier alpha value is -0.710. The summed E-state index contributed by atoms with van der Waals surface area (Å²) < 4.78 is 0. The van der Waals surface area contributed by atoms with Gasteiger partial charge in [0.1, 0.15) is 0 Å². The Morgan fingerprint density at radius 3 is 2.84 bits per heavy atom. The van der Waals surface area contributed by atoms with Gasteiger partial charge in [0.2, 0.25) is 5.91 Å². The molecule has 19 heavy (non-hydrogen) atoms. The van der Waals surface area contributed by atoms with Crippen molar-refractivity contribution in [2.45, 2.75) is 30.2 Å². The summed E-state index contributed by atoms with van der Waals surface area (Å²) in [6, 6.07) is 7.97. The summed E-state index contributed by atoms with van der Waals surface area (Å²) in [5.74, 6) is 1.03. The van der Waals surface area contributed by atoms with E-state index in [1.807, 2.05) is 29.2 Å². The van der Waals surface area contributed by atoms with Gasteiger partial charge in [-0.25, -0.2) is 0 Å². The first-order chi connectivity index (χ1) is 9.20. The van der Waals surface area contributed by atoms with Crippen LogP contribution in [0.4, 0.5) is 0 Å². The minimum Gasteiger partial charge on any atom is -0.338 e. The molecule has 1 aliphatic heterocycles. The van der Waals surface area contributed by atoms with E-state index in [9.17, 15) is 4.79 Å². The van der Waals surface area contributed by atoms with Crippen molar-refractivity contribution in [2.24, 2.45) is 5.73 Å². The predicted octanol–water partition coefficient (Wildman–Crippen LogP) is 2.77. The molecule has 1 aromatic rings. The molecular formula is C14H19ClN2OS. The SMILES string of the molecule is NCC1CCCN1C(=O)CCSc1ccc(Cl)cc1. The van der Waals surface area contributed by atoms with Crippen molar-refractivity contribution in [3.63, 3.8) is 0 Å². The van der Waals surface area contributed by atoms with Crippen LogP contribution in [0.15, 0.2) is 29.2 Å². The van der Waals surface area contributed by atoms with Crippen LogP contribution >= 0.6 is 23.4 Å². The smallest absolute Gasteiger partial charge is 0.223 e. The van der Waals surface area contributed by atoms with E-state index in [2.05, 4.69) is 0 Å². The highest BCUT2D eigenvalue weighted by Crippen LogP contribution is 2.22. The molecule has 3 nitrogen and oxygen atoms in total. The largest absolute Gasteiger partial charge is 0.338 e. The van der Waals surface area contributed by atoms with Crippen LogP contribution in [0, 0.1) is 0 Å². The predicted molar refractivity (Wildman–Crippen MR) is 80.6 cm³/mol. The second kappa shape index (κ2) is 7.17. The number of carbonyl (C=O) groups excluding carboxylic acids is 1. The van der Waals surface area contributed by atoms with Gasteiger partial charge in [-0.15, -0.1) is 11.8 Å². The number of hydrogen-bond acceptors (Lipinski definition) is 3. The molecule has 1 saturated heterocycles. The van der Waals surface area contributed by atoms with Gasteiger partial charge < -0.3 is 10.6 Å². The number of carbonyl (C=O) groups is 1. The number of hydrogen-bond donors (Lipinski definition) is 1. The number of nitrogens with two attached hydrogens (primary N) is 1. The number of benzene rings is 1. The molecule has 0 saturated carbocycles. The van der Waals surface area contributed by atoms with Crippen molar-refractivity contribution < 1.29 is 4.79 Å². The Morgan fingerprint density at radius 1 is 1.42 bits per heavy atom. The number of rotatable bonds is 5. The van der Waals surface area contributed by atoms with Crippen molar-refractivity contribution in [3.8, 4) is 0 Å². The number of likely N-dealkylation sites (tertiary alicyclic amines) is 1. The van der Waals surface area contributed by atoms with Crippen LogP contribution in [0.2, 0.25) is 5.02 Å². The molecule has 1 amide bonds. The third-order valence-electron chi connectivity index (χ3n) is 3.37. The van der Waals surface area contributed by atoms with Gasteiger partial charge in [0, 0.05) is 41.2 Å². The van der Waals surface area contributed by atoms with E-state index < -0.39 is 0 Å². The van der Waals surface area contributed by atoms with Gasteiger partial charge in [-0.3, -0.25) is 4.79 Å². The molecule has 5 heteroatoms. The van der Waals surface area contributed by atoms with Crippen LogP contribution in [0.3, 0.4) is 0 Å². The van der Waals surface area contributed by atoms with E-state index in [0.717, 1.165) is 35.1 Å². The molecule has 1 unspecified atom stereocenters. The lowest BCUT2D eigenvalue weighted by atomic mass is 10.2. The van der Waals surface area contributed by atoms with Gasteiger partial charge >= 0.3 is 0 Å². The van der Waals surface area contributed by atoms with Crippen LogP contribution < -0.4 is 5.73 Å². The summed E-state index contributed by atoms with van der Waals surface area (Å²) in [6.07, 6.45) is 2.70. The van der Waals surface area contributed by atoms with Crippen molar-refractivity contribution in [1.29, 1.82) is 0 Å². The Balaban J connectivity index is 1.76. The zero-order chi connectivity index (χ0) is 13.7. The number of amides is 1. The fraction of sp³-hybridized carbons (Fsp3) is 0.500. The summed E-state index contributed by atoms with van der Waals surface area (Å²) in [4.78, 5) is 15.2. The first kappa shape index (κ1) is 14.7. The lowest BCUT2D eigenvalue weighted by molar-refractivity contribution is -0.131. The van der Waals surface area contributed by atoms with Crippen molar-refractivity contribution in [3.05, 3.63) is 29.3 Å². The topological polar surface area (TPSA) is 46.3 Å². The molecule has 1 heterocycles. The van der Waals surface area contributed by atoms with Gasteiger partial charge in [0.05, 0.1) is 0 Å². The van der Waals surface area contributed by atoms with E-state index in [4.69, 9.17) is 17.3 Å². The molecule has 1 aromatic carbocycles. The molecule has 2 N–H and O–H groups in total. The average molecular weight is 299 g/mol. The molecule has 0 aromatic heterocycles. The van der Waals surface area contributed by atoms with Gasteiger partial charge in [-0.05, 0) is 37.1 Å². The summed E-state index contributed by atoms with van der Waals surface area (Å²) in [5.41, 5.74) is 5.68. The van der Waals surface area contributed by atoms with E-state index >= 15 is 0 Å². The van der Waals surface area contributed by atoms with E-state index in [-0.39, 0.29) is 11.9 Å². The highest BCUT2D eigenvalue weighted by molar-refractivity contribution is 7.99. The van der Waals surface area contributed by atoms with Crippen LogP contribution in [0.5, 0.6) is 0 Å². The zero-order valence-electron chi connectivity index (χ0n) is 10.8. The van der Waals surface area contributed by atoms with Gasteiger partial charge in [0.15, 0.2) is 0 Å². The minimum absolute atomic E-state index is 0.231.